The number of aromatic nitrogens is 2. The lowest BCUT2D eigenvalue weighted by atomic mass is 9.80. The molecular formula is C13H18BF3N2O2. The van der Waals surface area contributed by atoms with E-state index in [4.69, 9.17) is 9.31 Å². The molecule has 1 saturated carbocycles. The van der Waals surface area contributed by atoms with Crippen molar-refractivity contribution in [3.63, 3.8) is 0 Å². The third-order valence-corrected chi connectivity index (χ3v) is 4.75. The molecule has 0 amide bonds. The highest BCUT2D eigenvalue weighted by molar-refractivity contribution is 6.49. The number of rotatable bonds is 2. The maximum absolute atomic E-state index is 12.5. The van der Waals surface area contributed by atoms with Crippen molar-refractivity contribution < 1.29 is 22.5 Å². The molecule has 1 aromatic heterocycles. The van der Waals surface area contributed by atoms with E-state index < -0.39 is 17.5 Å². The van der Waals surface area contributed by atoms with E-state index in [9.17, 15) is 13.2 Å². The number of nitrogens with zero attached hydrogens (tertiary/aromatic N) is 2. The molecule has 1 aliphatic carbocycles. The van der Waals surface area contributed by atoms with Crippen LogP contribution in [0.5, 0.6) is 0 Å². The van der Waals surface area contributed by atoms with Gasteiger partial charge in [0.2, 0.25) is 0 Å². The Bertz CT molecular complexity index is 540. The summed E-state index contributed by atoms with van der Waals surface area (Å²) >= 11 is 0. The monoisotopic (exact) mass is 302 g/mol. The zero-order valence-electron chi connectivity index (χ0n) is 12.4. The molecule has 2 fully saturated rings. The predicted molar refractivity (Wildman–Crippen MR) is 70.7 cm³/mol. The highest BCUT2D eigenvalue weighted by Crippen LogP contribution is 2.58. The van der Waals surface area contributed by atoms with Crippen LogP contribution >= 0.6 is 0 Å². The van der Waals surface area contributed by atoms with E-state index in [1.165, 1.54) is 6.20 Å². The highest BCUT2D eigenvalue weighted by Gasteiger charge is 2.60. The minimum Gasteiger partial charge on any atom is -0.403 e. The fourth-order valence-corrected chi connectivity index (χ4v) is 2.63. The van der Waals surface area contributed by atoms with E-state index in [1.807, 2.05) is 27.7 Å². The van der Waals surface area contributed by atoms with E-state index in [-0.39, 0.29) is 23.5 Å². The zero-order valence-corrected chi connectivity index (χ0v) is 12.4. The number of alkyl halides is 3. The van der Waals surface area contributed by atoms with E-state index in [0.29, 0.717) is 5.56 Å². The van der Waals surface area contributed by atoms with Gasteiger partial charge in [-0.2, -0.15) is 9.78 Å². The summed E-state index contributed by atoms with van der Waals surface area (Å²) in [7, 11) is -0.366. The lowest BCUT2D eigenvalue weighted by Crippen LogP contribution is -2.41. The molecule has 1 saturated heterocycles. The average molecular weight is 302 g/mol. The summed E-state index contributed by atoms with van der Waals surface area (Å²) in [6.45, 7) is 7.86. The summed E-state index contributed by atoms with van der Waals surface area (Å²) in [4.78, 5) is 0. The van der Waals surface area contributed by atoms with Crippen molar-refractivity contribution in [3.05, 3.63) is 18.0 Å². The van der Waals surface area contributed by atoms with E-state index >= 15 is 0 Å². The lowest BCUT2D eigenvalue weighted by Gasteiger charge is -2.32. The number of hydrogen-bond acceptors (Lipinski definition) is 3. The van der Waals surface area contributed by atoms with Crippen LogP contribution in [0.15, 0.2) is 12.4 Å². The van der Waals surface area contributed by atoms with Crippen LogP contribution in [0.2, 0.25) is 5.82 Å². The Morgan fingerprint density at radius 1 is 1.24 bits per heavy atom. The second kappa shape index (κ2) is 4.26. The maximum atomic E-state index is 12.5. The van der Waals surface area contributed by atoms with Gasteiger partial charge in [0.1, 0.15) is 0 Å². The molecule has 2 heterocycles. The van der Waals surface area contributed by atoms with Gasteiger partial charge in [0.15, 0.2) is 0 Å². The molecule has 8 heteroatoms. The largest absolute Gasteiger partial charge is 0.504 e. The maximum Gasteiger partial charge on any atom is 0.504 e. The number of halogens is 3. The first-order valence-electron chi connectivity index (χ1n) is 6.99. The smallest absolute Gasteiger partial charge is 0.403 e. The Morgan fingerprint density at radius 2 is 1.81 bits per heavy atom. The SMILES string of the molecule is CC1(C)OB([C@H]2C[C@@H]2c2cnn(C(F)(F)F)c2)OC1(C)C. The summed E-state index contributed by atoms with van der Waals surface area (Å²) < 4.78 is 49.5. The second-order valence-corrected chi connectivity index (χ2v) is 6.82. The first-order valence-corrected chi connectivity index (χ1v) is 6.99. The predicted octanol–water partition coefficient (Wildman–Crippen LogP) is 3.31. The summed E-state index contributed by atoms with van der Waals surface area (Å²) in [5, 5.41) is 3.38. The van der Waals surface area contributed by atoms with Crippen molar-refractivity contribution in [1.29, 1.82) is 0 Å². The summed E-state index contributed by atoms with van der Waals surface area (Å²) in [6.07, 6.45) is -1.37. The normalized spacial score (nSPS) is 30.7. The fraction of sp³-hybridized carbons (Fsp3) is 0.769. The lowest BCUT2D eigenvalue weighted by molar-refractivity contribution is -0.212. The van der Waals surface area contributed by atoms with Gasteiger partial charge in [-0.15, -0.1) is 13.2 Å². The minimum atomic E-state index is -4.47. The van der Waals surface area contributed by atoms with Gasteiger partial charge in [0.25, 0.3) is 0 Å². The van der Waals surface area contributed by atoms with Crippen LogP contribution in [0, 0.1) is 0 Å². The standard InChI is InChI=1S/C13H18BF3N2O2/c1-11(2)12(3,4)21-14(20-11)10-5-9(10)8-6-18-19(7-8)13(15,16)17/h6-7,9-10H,5H2,1-4H3/t9-,10+/m1/s1. The Hall–Kier alpha value is -1.02. The Morgan fingerprint density at radius 3 is 2.29 bits per heavy atom. The van der Waals surface area contributed by atoms with Crippen LogP contribution in [0.1, 0.15) is 45.6 Å². The van der Waals surface area contributed by atoms with Crippen molar-refractivity contribution >= 4 is 7.12 Å². The molecule has 0 radical (unpaired) electrons. The summed E-state index contributed by atoms with van der Waals surface area (Å²) in [5.74, 6) is 0.118. The van der Waals surface area contributed by atoms with Gasteiger partial charge in [0, 0.05) is 12.0 Å². The first-order chi connectivity index (χ1) is 9.51. The van der Waals surface area contributed by atoms with Gasteiger partial charge in [-0.25, -0.2) is 0 Å². The molecule has 3 rings (SSSR count). The van der Waals surface area contributed by atoms with Crippen LogP contribution in [0.25, 0.3) is 0 Å². The molecule has 0 spiro atoms. The minimum absolute atomic E-state index is 0.0239. The Labute approximate surface area is 121 Å². The third-order valence-electron chi connectivity index (χ3n) is 4.75. The molecule has 21 heavy (non-hydrogen) atoms. The van der Waals surface area contributed by atoms with Gasteiger partial charge in [-0.3, -0.25) is 0 Å². The van der Waals surface area contributed by atoms with E-state index in [2.05, 4.69) is 5.10 Å². The average Bonchev–Trinajstić information content (AvgIpc) is 2.87. The molecule has 2 atom stereocenters. The molecule has 0 N–H and O–H groups in total. The van der Waals surface area contributed by atoms with Crippen molar-refractivity contribution in [2.45, 2.75) is 63.4 Å². The third kappa shape index (κ3) is 2.48. The van der Waals surface area contributed by atoms with Crippen molar-refractivity contribution in [3.8, 4) is 0 Å². The second-order valence-electron chi connectivity index (χ2n) is 6.82. The van der Waals surface area contributed by atoms with Crippen LogP contribution in [0.3, 0.4) is 0 Å². The van der Waals surface area contributed by atoms with Gasteiger partial charge in [-0.1, -0.05) is 0 Å². The Kier molecular flexibility index (Phi) is 3.02. The fourth-order valence-electron chi connectivity index (χ4n) is 2.63. The molecule has 1 aromatic rings. The molecule has 116 valence electrons. The molecular weight excluding hydrogens is 284 g/mol. The zero-order chi connectivity index (χ0) is 15.6. The Balaban J connectivity index is 1.69. The van der Waals surface area contributed by atoms with Gasteiger partial charge in [-0.05, 0) is 45.6 Å². The van der Waals surface area contributed by atoms with Crippen LogP contribution in [-0.2, 0) is 15.6 Å². The molecule has 0 aromatic carbocycles. The van der Waals surface area contributed by atoms with E-state index in [0.717, 1.165) is 12.6 Å². The van der Waals surface area contributed by atoms with Crippen molar-refractivity contribution in [1.82, 2.24) is 9.78 Å². The molecule has 4 nitrogen and oxygen atoms in total. The van der Waals surface area contributed by atoms with Crippen LogP contribution in [-0.4, -0.2) is 28.1 Å². The van der Waals surface area contributed by atoms with Crippen LogP contribution in [0.4, 0.5) is 13.2 Å². The summed E-state index contributed by atoms with van der Waals surface area (Å²) in [6, 6.07) is 0. The highest BCUT2D eigenvalue weighted by atomic mass is 19.4. The summed E-state index contributed by atoms with van der Waals surface area (Å²) in [5.41, 5.74) is -0.242. The molecule has 2 aliphatic rings. The van der Waals surface area contributed by atoms with Gasteiger partial charge < -0.3 is 9.31 Å². The quantitative estimate of drug-likeness (QED) is 0.786. The van der Waals surface area contributed by atoms with E-state index in [1.54, 1.807) is 0 Å². The van der Waals surface area contributed by atoms with Crippen molar-refractivity contribution in [2.75, 3.05) is 0 Å². The van der Waals surface area contributed by atoms with Crippen molar-refractivity contribution in [2.24, 2.45) is 0 Å². The van der Waals surface area contributed by atoms with Gasteiger partial charge in [0.05, 0.1) is 17.4 Å². The molecule has 0 bridgehead atoms. The molecule has 0 unspecified atom stereocenters. The molecule has 1 aliphatic heterocycles. The number of hydrogen-bond donors (Lipinski definition) is 0. The topological polar surface area (TPSA) is 36.3 Å². The van der Waals surface area contributed by atoms with Gasteiger partial charge >= 0.3 is 13.4 Å². The van der Waals surface area contributed by atoms with Crippen LogP contribution < -0.4 is 0 Å². The first kappa shape index (κ1) is 14.9.